The first-order valence-corrected chi connectivity index (χ1v) is 5.24. The van der Waals surface area contributed by atoms with E-state index in [4.69, 9.17) is 0 Å². The van der Waals surface area contributed by atoms with Gasteiger partial charge in [0, 0.05) is 6.92 Å². The number of benzene rings is 1. The van der Waals surface area contributed by atoms with Gasteiger partial charge in [0.25, 0.3) is 5.82 Å². The van der Waals surface area contributed by atoms with Crippen LogP contribution in [0.5, 0.6) is 0 Å². The minimum atomic E-state index is 0. The Labute approximate surface area is 96.3 Å². The molecule has 0 saturated carbocycles. The molecule has 3 nitrogen and oxygen atoms in total. The van der Waals surface area contributed by atoms with Gasteiger partial charge in [-0.15, -0.1) is 0 Å². The Bertz CT molecular complexity index is 475. The predicted molar refractivity (Wildman–Crippen MR) is 62.6 cm³/mol. The van der Waals surface area contributed by atoms with E-state index in [1.165, 1.54) is 17.0 Å². The molecule has 0 aliphatic rings. The third-order valence-electron chi connectivity index (χ3n) is 3.00. The molecule has 0 amide bonds. The number of hydrogen-bond donors (Lipinski definition) is 0. The van der Waals surface area contributed by atoms with Gasteiger partial charge in [0.15, 0.2) is 0 Å². The molecular formula is C13H18N2O. The molecule has 16 heavy (non-hydrogen) atoms. The lowest BCUT2D eigenvalue weighted by Crippen LogP contribution is -2.29. The van der Waals surface area contributed by atoms with E-state index in [0.717, 1.165) is 6.54 Å². The van der Waals surface area contributed by atoms with Crippen LogP contribution in [0.1, 0.15) is 17.0 Å². The maximum absolute atomic E-state index is 2.27. The van der Waals surface area contributed by atoms with Gasteiger partial charge in [-0.1, -0.05) is 24.3 Å². The van der Waals surface area contributed by atoms with Crippen molar-refractivity contribution in [1.82, 2.24) is 4.57 Å². The first-order chi connectivity index (χ1) is 7.18. The third-order valence-corrected chi connectivity index (χ3v) is 3.00. The first kappa shape index (κ1) is 12.5. The number of rotatable bonds is 2. The SMILES string of the molecule is Cc1ccccc1Cn1cc[n+](C)c1C.[OH-]. The van der Waals surface area contributed by atoms with Crippen molar-refractivity contribution in [2.45, 2.75) is 20.4 Å². The highest BCUT2D eigenvalue weighted by Crippen LogP contribution is 2.09. The van der Waals surface area contributed by atoms with E-state index in [2.05, 4.69) is 66.7 Å². The summed E-state index contributed by atoms with van der Waals surface area (Å²) in [6, 6.07) is 8.53. The molecule has 0 radical (unpaired) electrons. The molecular weight excluding hydrogens is 200 g/mol. The summed E-state index contributed by atoms with van der Waals surface area (Å²) in [4.78, 5) is 0. The summed E-state index contributed by atoms with van der Waals surface area (Å²) in [5.41, 5.74) is 2.74. The van der Waals surface area contributed by atoms with E-state index in [0.29, 0.717) is 0 Å². The summed E-state index contributed by atoms with van der Waals surface area (Å²) in [7, 11) is 2.07. The van der Waals surface area contributed by atoms with Gasteiger partial charge in [0.1, 0.15) is 18.9 Å². The fourth-order valence-corrected chi connectivity index (χ4v) is 1.74. The fourth-order valence-electron chi connectivity index (χ4n) is 1.74. The maximum atomic E-state index is 2.27. The molecule has 2 aromatic rings. The van der Waals surface area contributed by atoms with Crippen LogP contribution >= 0.6 is 0 Å². The monoisotopic (exact) mass is 218 g/mol. The molecule has 1 heterocycles. The molecule has 0 unspecified atom stereocenters. The standard InChI is InChI=1S/C13H17N2.H2O/c1-11-6-4-5-7-13(11)10-15-9-8-14(3)12(15)2;/h4-9H,10H2,1-3H3;1H2/q+1;/p-1. The fraction of sp³-hybridized carbons (Fsp3) is 0.308. The average Bonchev–Trinajstić information content (AvgIpc) is 2.53. The molecule has 86 valence electrons. The Balaban J connectivity index is 0.00000128. The van der Waals surface area contributed by atoms with E-state index in [1.807, 2.05) is 0 Å². The second-order valence-electron chi connectivity index (χ2n) is 4.01. The van der Waals surface area contributed by atoms with Gasteiger partial charge in [-0.3, -0.25) is 0 Å². The molecule has 2 rings (SSSR count). The number of aromatic nitrogens is 2. The summed E-state index contributed by atoms with van der Waals surface area (Å²) in [6.45, 7) is 5.26. The molecule has 3 heteroatoms. The highest BCUT2D eigenvalue weighted by atomic mass is 16.0. The highest BCUT2D eigenvalue weighted by Gasteiger charge is 2.09. The Morgan fingerprint density at radius 1 is 1.19 bits per heavy atom. The van der Waals surface area contributed by atoms with Crippen molar-refractivity contribution < 1.29 is 10.0 Å². The lowest BCUT2D eigenvalue weighted by atomic mass is 10.1. The largest absolute Gasteiger partial charge is 0.870 e. The second-order valence-corrected chi connectivity index (χ2v) is 4.01. The summed E-state index contributed by atoms with van der Waals surface area (Å²) < 4.78 is 4.40. The molecule has 0 aliphatic heterocycles. The van der Waals surface area contributed by atoms with Crippen LogP contribution in [-0.2, 0) is 13.6 Å². The Morgan fingerprint density at radius 2 is 1.88 bits per heavy atom. The van der Waals surface area contributed by atoms with Crippen LogP contribution in [0.3, 0.4) is 0 Å². The van der Waals surface area contributed by atoms with E-state index >= 15 is 0 Å². The lowest BCUT2D eigenvalue weighted by molar-refractivity contribution is -0.677. The van der Waals surface area contributed by atoms with Gasteiger partial charge in [0.2, 0.25) is 0 Å². The van der Waals surface area contributed by atoms with Gasteiger partial charge in [-0.25, -0.2) is 9.13 Å². The summed E-state index contributed by atoms with van der Waals surface area (Å²) in [6.07, 6.45) is 4.22. The van der Waals surface area contributed by atoms with Crippen molar-refractivity contribution in [3.05, 3.63) is 53.6 Å². The van der Waals surface area contributed by atoms with Crippen molar-refractivity contribution in [3.8, 4) is 0 Å². The zero-order valence-corrected chi connectivity index (χ0v) is 10.0. The van der Waals surface area contributed by atoms with E-state index in [9.17, 15) is 0 Å². The summed E-state index contributed by atoms with van der Waals surface area (Å²) >= 11 is 0. The minimum absolute atomic E-state index is 0. The average molecular weight is 218 g/mol. The molecule has 1 N–H and O–H groups in total. The van der Waals surface area contributed by atoms with Crippen molar-refractivity contribution in [2.75, 3.05) is 0 Å². The van der Waals surface area contributed by atoms with Gasteiger partial charge in [0.05, 0.1) is 7.05 Å². The molecule has 0 spiro atoms. The molecule has 0 saturated heterocycles. The Morgan fingerprint density at radius 3 is 2.44 bits per heavy atom. The number of nitrogens with zero attached hydrogens (tertiary/aromatic N) is 2. The van der Waals surface area contributed by atoms with Crippen LogP contribution in [-0.4, -0.2) is 10.0 Å². The van der Waals surface area contributed by atoms with Crippen molar-refractivity contribution >= 4 is 0 Å². The van der Waals surface area contributed by atoms with Crippen molar-refractivity contribution in [3.63, 3.8) is 0 Å². The molecule has 0 bridgehead atoms. The maximum Gasteiger partial charge on any atom is 0.253 e. The van der Waals surface area contributed by atoms with E-state index in [-0.39, 0.29) is 5.48 Å². The minimum Gasteiger partial charge on any atom is -0.870 e. The Kier molecular flexibility index (Phi) is 3.85. The number of aryl methyl sites for hydroxylation is 2. The lowest BCUT2D eigenvalue weighted by Gasteiger charge is -2.03. The normalized spacial score (nSPS) is 9.94. The van der Waals surface area contributed by atoms with Crippen LogP contribution in [0.15, 0.2) is 36.7 Å². The van der Waals surface area contributed by atoms with Gasteiger partial charge < -0.3 is 5.48 Å². The molecule has 0 aliphatic carbocycles. The zero-order chi connectivity index (χ0) is 10.8. The van der Waals surface area contributed by atoms with Crippen LogP contribution in [0.2, 0.25) is 0 Å². The third kappa shape index (κ3) is 2.31. The molecule has 1 aromatic heterocycles. The second kappa shape index (κ2) is 4.94. The smallest absolute Gasteiger partial charge is 0.253 e. The van der Waals surface area contributed by atoms with Gasteiger partial charge >= 0.3 is 0 Å². The number of imidazole rings is 1. The van der Waals surface area contributed by atoms with Crippen LogP contribution in [0.4, 0.5) is 0 Å². The summed E-state index contributed by atoms with van der Waals surface area (Å²) in [5.74, 6) is 1.28. The topological polar surface area (TPSA) is 38.8 Å². The van der Waals surface area contributed by atoms with Crippen molar-refractivity contribution in [1.29, 1.82) is 0 Å². The van der Waals surface area contributed by atoms with E-state index in [1.54, 1.807) is 0 Å². The molecule has 0 atom stereocenters. The van der Waals surface area contributed by atoms with Crippen LogP contribution < -0.4 is 4.57 Å². The van der Waals surface area contributed by atoms with E-state index < -0.39 is 0 Å². The zero-order valence-electron chi connectivity index (χ0n) is 10.0. The van der Waals surface area contributed by atoms with Gasteiger partial charge in [-0.05, 0) is 18.1 Å². The Hall–Kier alpha value is -1.61. The number of hydrogen-bond acceptors (Lipinski definition) is 1. The summed E-state index contributed by atoms with van der Waals surface area (Å²) in [5, 5.41) is 0. The molecule has 0 fully saturated rings. The van der Waals surface area contributed by atoms with Crippen LogP contribution in [0.25, 0.3) is 0 Å². The quantitative estimate of drug-likeness (QED) is 0.708. The first-order valence-electron chi connectivity index (χ1n) is 5.24. The highest BCUT2D eigenvalue weighted by molar-refractivity contribution is 5.25. The molecule has 1 aromatic carbocycles. The van der Waals surface area contributed by atoms with Crippen molar-refractivity contribution in [2.24, 2.45) is 7.05 Å². The van der Waals surface area contributed by atoms with Crippen LogP contribution in [0, 0.1) is 13.8 Å². The predicted octanol–water partition coefficient (Wildman–Crippen LogP) is 1.80. The van der Waals surface area contributed by atoms with Gasteiger partial charge in [-0.2, -0.15) is 0 Å².